The van der Waals surface area contributed by atoms with Crippen LogP contribution in [0.2, 0.25) is 0 Å². The highest BCUT2D eigenvalue weighted by molar-refractivity contribution is 5.89. The molecule has 6 heteroatoms. The lowest BCUT2D eigenvalue weighted by Gasteiger charge is -2.06. The number of hydrogen-bond donors (Lipinski definition) is 3. The average molecular weight is 288 g/mol. The lowest BCUT2D eigenvalue weighted by atomic mass is 10.1. The molecule has 0 atom stereocenters. The van der Waals surface area contributed by atoms with Crippen molar-refractivity contribution >= 4 is 17.4 Å². The van der Waals surface area contributed by atoms with Crippen LogP contribution in [0.15, 0.2) is 30.3 Å². The van der Waals surface area contributed by atoms with Crippen LogP contribution in [-0.4, -0.2) is 22.7 Å². The van der Waals surface area contributed by atoms with Crippen molar-refractivity contribution in [1.29, 1.82) is 0 Å². The van der Waals surface area contributed by atoms with Crippen LogP contribution in [0.3, 0.4) is 0 Å². The molecule has 1 amide bonds. The van der Waals surface area contributed by atoms with E-state index in [-0.39, 0.29) is 18.9 Å². The Labute approximate surface area is 123 Å². The second kappa shape index (κ2) is 6.78. The number of ether oxygens (including phenoxy) is 1. The predicted octanol–water partition coefficient (Wildman–Crippen LogP) is 2.52. The van der Waals surface area contributed by atoms with Crippen molar-refractivity contribution < 1.29 is 9.53 Å². The molecule has 0 saturated carbocycles. The van der Waals surface area contributed by atoms with Gasteiger partial charge in [0.1, 0.15) is 5.75 Å². The summed E-state index contributed by atoms with van der Waals surface area (Å²) in [4.78, 5) is 11.8. The first-order valence-corrected chi connectivity index (χ1v) is 6.88. The summed E-state index contributed by atoms with van der Waals surface area (Å²) < 4.78 is 5.47. The van der Waals surface area contributed by atoms with Crippen molar-refractivity contribution in [3.63, 3.8) is 0 Å². The van der Waals surface area contributed by atoms with Crippen LogP contribution >= 0.6 is 0 Å². The molecule has 0 aliphatic carbocycles. The molecule has 0 bridgehead atoms. The minimum atomic E-state index is -0.138. The van der Waals surface area contributed by atoms with Gasteiger partial charge in [0.25, 0.3) is 0 Å². The molecule has 0 fully saturated rings. The van der Waals surface area contributed by atoms with Gasteiger partial charge in [-0.2, -0.15) is 5.10 Å². The summed E-state index contributed by atoms with van der Waals surface area (Å²) in [5.74, 6) is 1.40. The van der Waals surface area contributed by atoms with Crippen LogP contribution in [-0.2, 0) is 4.79 Å². The van der Waals surface area contributed by atoms with Crippen LogP contribution in [0.1, 0.15) is 31.9 Å². The van der Waals surface area contributed by atoms with E-state index < -0.39 is 0 Å². The van der Waals surface area contributed by atoms with Crippen molar-refractivity contribution in [3.05, 3.63) is 36.0 Å². The van der Waals surface area contributed by atoms with Gasteiger partial charge in [0.05, 0.1) is 13.0 Å². The molecule has 0 saturated heterocycles. The Morgan fingerprint density at radius 1 is 1.43 bits per heavy atom. The molecule has 0 aliphatic heterocycles. The van der Waals surface area contributed by atoms with E-state index in [1.165, 1.54) is 0 Å². The summed E-state index contributed by atoms with van der Waals surface area (Å²) in [6.07, 6.45) is 0.249. The van der Waals surface area contributed by atoms with Crippen molar-refractivity contribution in [2.75, 3.05) is 17.7 Å². The minimum Gasteiger partial charge on any atom is -0.493 e. The number of benzene rings is 1. The molecule has 0 spiro atoms. The van der Waals surface area contributed by atoms with Crippen LogP contribution in [0.25, 0.3) is 0 Å². The molecular weight excluding hydrogens is 268 g/mol. The number of anilines is 2. The number of H-pyrrole nitrogens is 1. The number of amides is 1. The van der Waals surface area contributed by atoms with Crippen molar-refractivity contribution in [2.24, 2.45) is 0 Å². The van der Waals surface area contributed by atoms with Crippen LogP contribution in [0.4, 0.5) is 11.5 Å². The quantitative estimate of drug-likeness (QED) is 0.712. The number of rotatable bonds is 6. The minimum absolute atomic E-state index is 0.138. The highest BCUT2D eigenvalue weighted by atomic mass is 16.5. The van der Waals surface area contributed by atoms with Gasteiger partial charge < -0.3 is 15.8 Å². The molecule has 4 N–H and O–H groups in total. The third-order valence-corrected chi connectivity index (χ3v) is 2.94. The fourth-order valence-corrected chi connectivity index (χ4v) is 1.77. The Hall–Kier alpha value is -2.50. The zero-order valence-electron chi connectivity index (χ0n) is 12.2. The maximum Gasteiger partial charge on any atom is 0.229 e. The van der Waals surface area contributed by atoms with E-state index in [0.717, 1.165) is 5.69 Å². The average Bonchev–Trinajstić information content (AvgIpc) is 2.87. The fourth-order valence-electron chi connectivity index (χ4n) is 1.77. The van der Waals surface area contributed by atoms with Crippen molar-refractivity contribution in [2.45, 2.75) is 26.2 Å². The van der Waals surface area contributed by atoms with E-state index in [0.29, 0.717) is 23.2 Å². The number of carbonyl (C=O) groups is 1. The third-order valence-electron chi connectivity index (χ3n) is 2.94. The van der Waals surface area contributed by atoms with Gasteiger partial charge in [0.15, 0.2) is 5.82 Å². The second-order valence-corrected chi connectivity index (χ2v) is 5.08. The second-order valence-electron chi connectivity index (χ2n) is 5.08. The van der Waals surface area contributed by atoms with Gasteiger partial charge in [-0.25, -0.2) is 0 Å². The Bertz CT molecular complexity index is 607. The first-order chi connectivity index (χ1) is 10.0. The van der Waals surface area contributed by atoms with Crippen molar-refractivity contribution in [1.82, 2.24) is 10.2 Å². The lowest BCUT2D eigenvalue weighted by Crippen LogP contribution is -2.15. The number of aromatic nitrogens is 2. The molecule has 2 aromatic rings. The van der Waals surface area contributed by atoms with E-state index in [1.807, 2.05) is 12.1 Å². The number of hydrogen-bond acceptors (Lipinski definition) is 4. The van der Waals surface area contributed by atoms with Crippen LogP contribution in [0, 0.1) is 0 Å². The summed E-state index contributed by atoms with van der Waals surface area (Å²) in [5.41, 5.74) is 7.27. The molecule has 0 unspecified atom stereocenters. The number of nitrogens with two attached hydrogens (primary N) is 1. The van der Waals surface area contributed by atoms with Gasteiger partial charge in [0, 0.05) is 23.5 Å². The molecule has 6 nitrogen and oxygen atoms in total. The van der Waals surface area contributed by atoms with E-state index in [9.17, 15) is 4.79 Å². The SMILES string of the molecule is CC(C)c1cc(NC(=O)CCOc2cccc(N)c2)n[nH]1. The summed E-state index contributed by atoms with van der Waals surface area (Å²) in [7, 11) is 0. The lowest BCUT2D eigenvalue weighted by molar-refractivity contribution is -0.116. The number of nitrogens with zero attached hydrogens (tertiary/aromatic N) is 1. The number of nitrogen functional groups attached to an aromatic ring is 1. The zero-order chi connectivity index (χ0) is 15.2. The Balaban J connectivity index is 1.77. The van der Waals surface area contributed by atoms with E-state index in [1.54, 1.807) is 18.2 Å². The molecular formula is C15H20N4O2. The molecule has 21 heavy (non-hydrogen) atoms. The number of aromatic amines is 1. The summed E-state index contributed by atoms with van der Waals surface area (Å²) >= 11 is 0. The number of nitrogens with one attached hydrogen (secondary N) is 2. The molecule has 0 radical (unpaired) electrons. The largest absolute Gasteiger partial charge is 0.493 e. The monoisotopic (exact) mass is 288 g/mol. The van der Waals surface area contributed by atoms with E-state index >= 15 is 0 Å². The summed E-state index contributed by atoms with van der Waals surface area (Å²) in [6, 6.07) is 8.95. The smallest absolute Gasteiger partial charge is 0.229 e. The summed E-state index contributed by atoms with van der Waals surface area (Å²) in [5, 5.41) is 9.66. The first-order valence-electron chi connectivity index (χ1n) is 6.88. The summed E-state index contributed by atoms with van der Waals surface area (Å²) in [6.45, 7) is 4.40. The van der Waals surface area contributed by atoms with Gasteiger partial charge in [-0.1, -0.05) is 19.9 Å². The normalized spacial score (nSPS) is 10.6. The molecule has 1 heterocycles. The van der Waals surface area contributed by atoms with Gasteiger partial charge in [-0.15, -0.1) is 0 Å². The van der Waals surface area contributed by atoms with Gasteiger partial charge in [-0.3, -0.25) is 9.89 Å². The Morgan fingerprint density at radius 2 is 2.24 bits per heavy atom. The molecule has 112 valence electrons. The zero-order valence-corrected chi connectivity index (χ0v) is 12.2. The first kappa shape index (κ1) is 14.9. The van der Waals surface area contributed by atoms with Crippen LogP contribution in [0.5, 0.6) is 5.75 Å². The van der Waals surface area contributed by atoms with E-state index in [4.69, 9.17) is 10.5 Å². The molecule has 1 aromatic carbocycles. The highest BCUT2D eigenvalue weighted by Crippen LogP contribution is 2.16. The van der Waals surface area contributed by atoms with Crippen LogP contribution < -0.4 is 15.8 Å². The maximum absolute atomic E-state index is 11.8. The fraction of sp³-hybridized carbons (Fsp3) is 0.333. The Kier molecular flexibility index (Phi) is 4.81. The number of carbonyl (C=O) groups excluding carboxylic acids is 1. The molecule has 0 aliphatic rings. The standard InChI is InChI=1S/C15H20N4O2/c1-10(2)13-9-14(19-18-13)17-15(20)6-7-21-12-5-3-4-11(16)8-12/h3-5,8-10H,6-7,16H2,1-2H3,(H2,17,18,19,20). The third kappa shape index (κ3) is 4.52. The van der Waals surface area contributed by atoms with Crippen molar-refractivity contribution in [3.8, 4) is 5.75 Å². The predicted molar refractivity (Wildman–Crippen MR) is 82.3 cm³/mol. The highest BCUT2D eigenvalue weighted by Gasteiger charge is 2.08. The molecule has 1 aromatic heterocycles. The Morgan fingerprint density at radius 3 is 2.90 bits per heavy atom. The topological polar surface area (TPSA) is 93.0 Å². The van der Waals surface area contributed by atoms with Gasteiger partial charge in [-0.05, 0) is 18.1 Å². The van der Waals surface area contributed by atoms with Gasteiger partial charge in [0.2, 0.25) is 5.91 Å². The van der Waals surface area contributed by atoms with E-state index in [2.05, 4.69) is 29.4 Å². The maximum atomic E-state index is 11.8. The van der Waals surface area contributed by atoms with Gasteiger partial charge >= 0.3 is 0 Å². The molecule has 2 rings (SSSR count).